The lowest BCUT2D eigenvalue weighted by molar-refractivity contribution is 0.0681. The molecule has 3 aliphatic rings. The molecule has 2 aliphatic heterocycles. The summed E-state index contributed by atoms with van der Waals surface area (Å²) in [5.41, 5.74) is 5.95. The molecule has 7 heteroatoms. The molecule has 3 fully saturated rings. The van der Waals surface area contributed by atoms with Crippen molar-refractivity contribution in [2.75, 3.05) is 7.05 Å². The molecule has 1 saturated carbocycles. The Morgan fingerprint density at radius 1 is 1.06 bits per heavy atom. The van der Waals surface area contributed by atoms with Crippen molar-refractivity contribution in [2.45, 2.75) is 69.0 Å². The van der Waals surface area contributed by atoms with Gasteiger partial charge in [0.15, 0.2) is 0 Å². The third kappa shape index (κ3) is 3.44. The van der Waals surface area contributed by atoms with Gasteiger partial charge < -0.3 is 10.2 Å². The molecule has 6 nitrogen and oxygen atoms in total. The van der Waals surface area contributed by atoms with Crippen LogP contribution in [0, 0.1) is 6.92 Å². The van der Waals surface area contributed by atoms with E-state index in [-0.39, 0.29) is 5.91 Å². The molecule has 4 atom stereocenters. The number of nitrogens with zero attached hydrogens (tertiary/aromatic N) is 4. The summed E-state index contributed by atoms with van der Waals surface area (Å²) in [6.07, 6.45) is 5.72. The van der Waals surface area contributed by atoms with Crippen molar-refractivity contribution < 1.29 is 4.79 Å². The van der Waals surface area contributed by atoms with E-state index in [1.54, 1.807) is 11.3 Å². The fourth-order valence-electron chi connectivity index (χ4n) is 5.60. The normalized spacial score (nSPS) is 29.3. The highest BCUT2D eigenvalue weighted by Gasteiger charge is 2.42. The van der Waals surface area contributed by atoms with Crippen LogP contribution in [0.3, 0.4) is 0 Å². The molecule has 2 saturated heterocycles. The molecular weight excluding hydrogens is 406 g/mol. The van der Waals surface area contributed by atoms with Crippen molar-refractivity contribution in [3.8, 4) is 0 Å². The summed E-state index contributed by atoms with van der Waals surface area (Å²) in [5, 5.41) is 3.66. The molecule has 1 aliphatic carbocycles. The maximum absolute atomic E-state index is 13.1. The van der Waals surface area contributed by atoms with Crippen molar-refractivity contribution in [2.24, 2.45) is 0 Å². The van der Waals surface area contributed by atoms with Gasteiger partial charge in [-0.25, -0.2) is 15.0 Å². The van der Waals surface area contributed by atoms with Crippen molar-refractivity contribution in [1.29, 1.82) is 0 Å². The molecular formula is C24H27N5OS. The van der Waals surface area contributed by atoms with Gasteiger partial charge in [-0.05, 0) is 62.6 Å². The number of thiazole rings is 1. The van der Waals surface area contributed by atoms with Gasteiger partial charge in [-0.15, -0.1) is 11.3 Å². The van der Waals surface area contributed by atoms with E-state index in [0.717, 1.165) is 46.7 Å². The van der Waals surface area contributed by atoms with Gasteiger partial charge in [0.25, 0.3) is 5.91 Å². The number of carbonyl (C=O) groups excluding carboxylic acids is 1. The predicted molar refractivity (Wildman–Crippen MR) is 122 cm³/mol. The van der Waals surface area contributed by atoms with Crippen LogP contribution in [0.2, 0.25) is 0 Å². The second-order valence-corrected chi connectivity index (χ2v) is 10.2. The average molecular weight is 434 g/mol. The highest BCUT2D eigenvalue weighted by atomic mass is 32.1. The van der Waals surface area contributed by atoms with Crippen LogP contribution < -0.4 is 5.32 Å². The third-order valence-electron chi connectivity index (χ3n) is 7.38. The van der Waals surface area contributed by atoms with Gasteiger partial charge in [0.2, 0.25) is 0 Å². The number of fused-ring (bicyclic) bond motifs is 3. The minimum absolute atomic E-state index is 0.140. The zero-order chi connectivity index (χ0) is 21.1. The summed E-state index contributed by atoms with van der Waals surface area (Å²) in [5.74, 6) is 1.79. The summed E-state index contributed by atoms with van der Waals surface area (Å²) < 4.78 is 0. The lowest BCUT2D eigenvalue weighted by Crippen LogP contribution is -2.48. The van der Waals surface area contributed by atoms with Crippen LogP contribution in [-0.4, -0.2) is 50.9 Å². The second kappa shape index (κ2) is 7.35. The van der Waals surface area contributed by atoms with Crippen molar-refractivity contribution in [3.63, 3.8) is 0 Å². The lowest BCUT2D eigenvalue weighted by Gasteiger charge is -2.35. The number of rotatable bonds is 4. The molecule has 0 radical (unpaired) electrons. The highest BCUT2D eigenvalue weighted by molar-refractivity contribution is 7.16. The summed E-state index contributed by atoms with van der Waals surface area (Å²) in [6, 6.07) is 9.78. The predicted octanol–water partition coefficient (Wildman–Crippen LogP) is 4.02. The van der Waals surface area contributed by atoms with Gasteiger partial charge in [-0.2, -0.15) is 0 Å². The van der Waals surface area contributed by atoms with E-state index in [0.29, 0.717) is 30.0 Å². The van der Waals surface area contributed by atoms with Gasteiger partial charge in [-0.3, -0.25) is 4.79 Å². The molecule has 31 heavy (non-hydrogen) atoms. The van der Waals surface area contributed by atoms with Gasteiger partial charge in [0.05, 0.1) is 11.2 Å². The molecule has 4 heterocycles. The number of aromatic nitrogens is 3. The van der Waals surface area contributed by atoms with E-state index in [9.17, 15) is 4.79 Å². The van der Waals surface area contributed by atoms with Crippen LogP contribution in [0.4, 0.5) is 0 Å². The first-order chi connectivity index (χ1) is 15.1. The fraction of sp³-hybridized carbons (Fsp3) is 0.500. The zero-order valence-corrected chi connectivity index (χ0v) is 18.7. The number of hydrogen-bond acceptors (Lipinski definition) is 6. The van der Waals surface area contributed by atoms with Crippen LogP contribution in [0.1, 0.15) is 71.4 Å². The molecule has 1 aromatic carbocycles. The Morgan fingerprint density at radius 3 is 2.55 bits per heavy atom. The summed E-state index contributed by atoms with van der Waals surface area (Å²) in [4.78, 5) is 29.8. The number of aryl methyl sites for hydroxylation is 1. The minimum Gasteiger partial charge on any atom is -0.339 e. The van der Waals surface area contributed by atoms with Crippen LogP contribution in [0.25, 0.3) is 10.3 Å². The van der Waals surface area contributed by atoms with Crippen LogP contribution in [0.5, 0.6) is 0 Å². The molecule has 2 bridgehead atoms. The monoisotopic (exact) mass is 433 g/mol. The molecule has 1 N–H and O–H groups in total. The van der Waals surface area contributed by atoms with E-state index in [4.69, 9.17) is 4.98 Å². The Labute approximate surface area is 186 Å². The average Bonchev–Trinajstić information content (AvgIpc) is 3.32. The molecule has 2 aromatic heterocycles. The summed E-state index contributed by atoms with van der Waals surface area (Å²) >= 11 is 1.57. The number of amides is 1. The number of nitrogens with one attached hydrogen (secondary N) is 1. The van der Waals surface area contributed by atoms with E-state index in [2.05, 4.69) is 27.4 Å². The first kappa shape index (κ1) is 19.3. The van der Waals surface area contributed by atoms with Crippen LogP contribution in [0.15, 0.2) is 29.8 Å². The standard InChI is InChI=1S/C24H27N5OS/c1-13-26-21(22-23(27-13)31-12-25-22)20-11-19(20)14-3-5-15(6-4-14)24(30)29(2)18-9-16-7-8-17(10-18)28-16/h3-6,12,16-20,28H,7-11H2,1-2H3. The Hall–Kier alpha value is -2.38. The molecule has 160 valence electrons. The summed E-state index contributed by atoms with van der Waals surface area (Å²) in [7, 11) is 1.97. The Morgan fingerprint density at radius 2 is 1.81 bits per heavy atom. The number of carbonyl (C=O) groups is 1. The molecule has 0 spiro atoms. The van der Waals surface area contributed by atoms with Crippen molar-refractivity contribution >= 4 is 27.6 Å². The first-order valence-electron chi connectivity index (χ1n) is 11.3. The smallest absolute Gasteiger partial charge is 0.253 e. The van der Waals surface area contributed by atoms with Crippen molar-refractivity contribution in [1.82, 2.24) is 25.2 Å². The van der Waals surface area contributed by atoms with Crippen LogP contribution in [-0.2, 0) is 0 Å². The largest absolute Gasteiger partial charge is 0.339 e. The number of piperidine rings is 1. The van der Waals surface area contributed by atoms with E-state index in [1.165, 1.54) is 18.4 Å². The molecule has 3 aromatic rings. The quantitative estimate of drug-likeness (QED) is 0.673. The van der Waals surface area contributed by atoms with Gasteiger partial charge in [-0.1, -0.05) is 12.1 Å². The maximum atomic E-state index is 13.1. The van der Waals surface area contributed by atoms with Gasteiger partial charge in [0.1, 0.15) is 16.2 Å². The van der Waals surface area contributed by atoms with E-state index >= 15 is 0 Å². The maximum Gasteiger partial charge on any atom is 0.253 e. The Balaban J connectivity index is 1.16. The second-order valence-electron chi connectivity index (χ2n) is 9.41. The Bertz CT molecular complexity index is 1130. The zero-order valence-electron chi connectivity index (χ0n) is 17.9. The van der Waals surface area contributed by atoms with Crippen molar-refractivity contribution in [3.05, 3.63) is 52.4 Å². The molecule has 4 unspecified atom stereocenters. The topological polar surface area (TPSA) is 71.0 Å². The third-order valence-corrected chi connectivity index (χ3v) is 8.10. The molecule has 6 rings (SSSR count). The van der Waals surface area contributed by atoms with E-state index in [1.807, 2.05) is 36.5 Å². The number of hydrogen-bond donors (Lipinski definition) is 1. The lowest BCUT2D eigenvalue weighted by atomic mass is 9.97. The minimum atomic E-state index is 0.140. The van der Waals surface area contributed by atoms with Gasteiger partial charge >= 0.3 is 0 Å². The fourth-order valence-corrected chi connectivity index (χ4v) is 6.32. The SMILES string of the molecule is Cc1nc(C2CC2c2ccc(C(=O)N(C)C3CC4CCC(C3)N4)cc2)c2ncsc2n1. The van der Waals surface area contributed by atoms with Gasteiger partial charge in [0, 0.05) is 36.7 Å². The first-order valence-corrected chi connectivity index (χ1v) is 12.2. The Kier molecular flexibility index (Phi) is 4.58. The summed E-state index contributed by atoms with van der Waals surface area (Å²) in [6.45, 7) is 1.95. The number of benzene rings is 1. The van der Waals surface area contributed by atoms with E-state index < -0.39 is 0 Å². The van der Waals surface area contributed by atoms with Crippen LogP contribution >= 0.6 is 11.3 Å². The highest BCUT2D eigenvalue weighted by Crippen LogP contribution is 2.55. The molecule has 1 amide bonds.